The maximum absolute atomic E-state index is 13.0. The number of piperidine rings is 1. The van der Waals surface area contributed by atoms with Gasteiger partial charge in [0.25, 0.3) is 5.91 Å². The number of halogens is 1. The van der Waals surface area contributed by atoms with Crippen LogP contribution >= 0.6 is 0 Å². The maximum Gasteiger partial charge on any atom is 0.253 e. The Bertz CT molecular complexity index is 616. The van der Waals surface area contributed by atoms with Gasteiger partial charge in [-0.1, -0.05) is 6.42 Å². The van der Waals surface area contributed by atoms with Crippen LogP contribution in [0.2, 0.25) is 0 Å². The fourth-order valence-corrected chi connectivity index (χ4v) is 4.34. The van der Waals surface area contributed by atoms with E-state index in [1.807, 2.05) is 11.9 Å². The molecule has 1 aliphatic carbocycles. The topological polar surface area (TPSA) is 40.6 Å². The zero-order valence-electron chi connectivity index (χ0n) is 13.7. The average molecular weight is 318 g/mol. The van der Waals surface area contributed by atoms with Crippen LogP contribution in [0.4, 0.5) is 4.39 Å². The molecule has 2 atom stereocenters. The Morgan fingerprint density at radius 1 is 1.35 bits per heavy atom. The summed E-state index contributed by atoms with van der Waals surface area (Å²) in [7, 11) is 3.68. The summed E-state index contributed by atoms with van der Waals surface area (Å²) in [6.07, 6.45) is 4.57. The number of hydrogen-bond donors (Lipinski definition) is 0. The van der Waals surface area contributed by atoms with Crippen molar-refractivity contribution in [2.45, 2.75) is 38.1 Å². The number of likely N-dealkylation sites (tertiary alicyclic amines) is 1. The molecule has 1 aromatic carbocycles. The van der Waals surface area contributed by atoms with Crippen LogP contribution in [0.25, 0.3) is 0 Å². The average Bonchev–Trinajstić information content (AvgIpc) is 2.96. The Balaban J connectivity index is 1.76. The monoisotopic (exact) mass is 318 g/mol. The van der Waals surface area contributed by atoms with Crippen molar-refractivity contribution in [2.24, 2.45) is 5.41 Å². The first-order valence-electron chi connectivity index (χ1n) is 8.20. The molecule has 2 aliphatic rings. The van der Waals surface area contributed by atoms with Crippen molar-refractivity contribution in [1.82, 2.24) is 9.80 Å². The molecular weight excluding hydrogens is 295 g/mol. The molecule has 5 heteroatoms. The lowest BCUT2D eigenvalue weighted by Gasteiger charge is -2.46. The number of benzene rings is 1. The molecule has 2 amide bonds. The molecule has 1 heterocycles. The summed E-state index contributed by atoms with van der Waals surface area (Å²) in [5.74, 6) is -0.226. The van der Waals surface area contributed by atoms with Crippen LogP contribution in [0.15, 0.2) is 24.3 Å². The predicted octanol–water partition coefficient (Wildman–Crippen LogP) is 2.69. The number of hydrogen-bond acceptors (Lipinski definition) is 2. The van der Waals surface area contributed by atoms with Crippen LogP contribution in [0.3, 0.4) is 0 Å². The number of carbonyl (C=O) groups is 2. The highest BCUT2D eigenvalue weighted by molar-refractivity contribution is 5.94. The lowest BCUT2D eigenvalue weighted by Crippen LogP contribution is -2.54. The van der Waals surface area contributed by atoms with Gasteiger partial charge in [-0.05, 0) is 43.5 Å². The predicted molar refractivity (Wildman–Crippen MR) is 85.4 cm³/mol. The molecule has 4 nitrogen and oxygen atoms in total. The molecule has 0 spiro atoms. The van der Waals surface area contributed by atoms with Crippen LogP contribution in [0, 0.1) is 11.2 Å². The van der Waals surface area contributed by atoms with Crippen molar-refractivity contribution in [1.29, 1.82) is 0 Å². The summed E-state index contributed by atoms with van der Waals surface area (Å²) in [4.78, 5) is 28.2. The smallest absolute Gasteiger partial charge is 0.253 e. The molecule has 1 aliphatic heterocycles. The van der Waals surface area contributed by atoms with Gasteiger partial charge in [-0.25, -0.2) is 4.39 Å². The van der Waals surface area contributed by atoms with Gasteiger partial charge in [0.05, 0.1) is 0 Å². The molecule has 0 aromatic heterocycles. The van der Waals surface area contributed by atoms with Crippen LogP contribution in [-0.4, -0.2) is 48.3 Å². The molecule has 1 aromatic rings. The van der Waals surface area contributed by atoms with Gasteiger partial charge in [0, 0.05) is 44.1 Å². The summed E-state index contributed by atoms with van der Waals surface area (Å²) < 4.78 is 13.0. The summed E-state index contributed by atoms with van der Waals surface area (Å²) >= 11 is 0. The molecule has 1 saturated carbocycles. The minimum atomic E-state index is -0.342. The van der Waals surface area contributed by atoms with Crippen LogP contribution in [-0.2, 0) is 4.79 Å². The minimum absolute atomic E-state index is 0.00704. The normalized spacial score (nSPS) is 27.0. The third-order valence-corrected chi connectivity index (χ3v) is 5.55. The Morgan fingerprint density at radius 2 is 2.04 bits per heavy atom. The summed E-state index contributed by atoms with van der Waals surface area (Å²) in [5, 5.41) is 0. The number of amides is 2. The molecule has 2 fully saturated rings. The van der Waals surface area contributed by atoms with Crippen LogP contribution in [0.1, 0.15) is 42.5 Å². The number of fused-ring (bicyclic) bond motifs is 1. The lowest BCUT2D eigenvalue weighted by atomic mass is 9.74. The Hall–Kier alpha value is -1.91. The fourth-order valence-electron chi connectivity index (χ4n) is 4.34. The Kier molecular flexibility index (Phi) is 4.13. The van der Waals surface area contributed by atoms with Crippen LogP contribution < -0.4 is 0 Å². The van der Waals surface area contributed by atoms with Crippen molar-refractivity contribution in [3.05, 3.63) is 35.6 Å². The van der Waals surface area contributed by atoms with E-state index in [1.54, 1.807) is 11.9 Å². The molecule has 124 valence electrons. The van der Waals surface area contributed by atoms with Gasteiger partial charge in [-0.15, -0.1) is 0 Å². The standard InChI is InChI=1S/C18H23FN2O2/c1-20(17(23)13-5-7-14(19)8-6-13)12-18-10-3-4-15(18)21(2)16(22)9-11-18/h5-8,15H,3-4,9-12H2,1-2H3/t15-,18+/m1/s1. The minimum Gasteiger partial charge on any atom is -0.342 e. The molecule has 23 heavy (non-hydrogen) atoms. The van der Waals surface area contributed by atoms with E-state index >= 15 is 0 Å². The molecule has 3 rings (SSSR count). The van der Waals surface area contributed by atoms with Crippen LogP contribution in [0.5, 0.6) is 0 Å². The second kappa shape index (κ2) is 5.95. The van der Waals surface area contributed by atoms with Gasteiger partial charge >= 0.3 is 0 Å². The van der Waals surface area contributed by atoms with Crippen molar-refractivity contribution < 1.29 is 14.0 Å². The Labute approximate surface area is 136 Å². The summed E-state index contributed by atoms with van der Waals surface area (Å²) in [5.41, 5.74) is 0.507. The third kappa shape index (κ3) is 2.84. The highest BCUT2D eigenvalue weighted by atomic mass is 19.1. The SMILES string of the molecule is CN(C[C@@]12CCC[C@H]1N(C)C(=O)CC2)C(=O)c1ccc(F)cc1. The first kappa shape index (κ1) is 16.0. The van der Waals surface area contributed by atoms with Gasteiger partial charge in [0.1, 0.15) is 5.82 Å². The van der Waals surface area contributed by atoms with Gasteiger partial charge in [-0.3, -0.25) is 9.59 Å². The van der Waals surface area contributed by atoms with Crippen molar-refractivity contribution in [2.75, 3.05) is 20.6 Å². The Morgan fingerprint density at radius 3 is 2.74 bits per heavy atom. The summed E-state index contributed by atoms with van der Waals surface area (Å²) in [6.45, 7) is 0.644. The van der Waals surface area contributed by atoms with Gasteiger partial charge in [0.15, 0.2) is 0 Å². The van der Waals surface area contributed by atoms with Crippen molar-refractivity contribution >= 4 is 11.8 Å². The molecule has 0 bridgehead atoms. The third-order valence-electron chi connectivity index (χ3n) is 5.55. The zero-order valence-corrected chi connectivity index (χ0v) is 13.7. The van der Waals surface area contributed by atoms with E-state index < -0.39 is 0 Å². The van der Waals surface area contributed by atoms with Gasteiger partial charge in [-0.2, -0.15) is 0 Å². The molecular formula is C18H23FN2O2. The molecule has 0 N–H and O–H groups in total. The fraction of sp³-hybridized carbons (Fsp3) is 0.556. The van der Waals surface area contributed by atoms with Gasteiger partial charge in [0.2, 0.25) is 5.91 Å². The number of rotatable bonds is 3. The van der Waals surface area contributed by atoms with E-state index in [4.69, 9.17) is 0 Å². The zero-order chi connectivity index (χ0) is 16.6. The lowest BCUT2D eigenvalue weighted by molar-refractivity contribution is -0.140. The quantitative estimate of drug-likeness (QED) is 0.860. The van der Waals surface area contributed by atoms with E-state index in [0.717, 1.165) is 25.7 Å². The first-order valence-corrected chi connectivity index (χ1v) is 8.20. The second-order valence-corrected chi connectivity index (χ2v) is 6.94. The summed E-state index contributed by atoms with van der Waals surface area (Å²) in [6, 6.07) is 5.89. The van der Waals surface area contributed by atoms with Crippen molar-refractivity contribution in [3.63, 3.8) is 0 Å². The second-order valence-electron chi connectivity index (χ2n) is 6.94. The molecule has 0 unspecified atom stereocenters. The number of nitrogens with zero attached hydrogens (tertiary/aromatic N) is 2. The van der Waals surface area contributed by atoms with E-state index in [1.165, 1.54) is 24.3 Å². The highest BCUT2D eigenvalue weighted by Crippen LogP contribution is 2.48. The largest absolute Gasteiger partial charge is 0.342 e. The molecule has 0 radical (unpaired) electrons. The van der Waals surface area contributed by atoms with E-state index in [2.05, 4.69) is 0 Å². The first-order chi connectivity index (χ1) is 10.9. The molecule has 1 saturated heterocycles. The highest BCUT2D eigenvalue weighted by Gasteiger charge is 2.49. The van der Waals surface area contributed by atoms with E-state index in [9.17, 15) is 14.0 Å². The van der Waals surface area contributed by atoms with Crippen molar-refractivity contribution in [3.8, 4) is 0 Å². The van der Waals surface area contributed by atoms with E-state index in [0.29, 0.717) is 18.5 Å². The van der Waals surface area contributed by atoms with E-state index in [-0.39, 0.29) is 29.1 Å². The van der Waals surface area contributed by atoms with Gasteiger partial charge < -0.3 is 9.80 Å². The maximum atomic E-state index is 13.0. The number of carbonyl (C=O) groups excluding carboxylic acids is 2.